The number of ketones is 1. The Balaban J connectivity index is 1.32. The molecule has 5 nitrogen and oxygen atoms in total. The smallest absolute Gasteiger partial charge is 0.306 e. The first kappa shape index (κ1) is 42.3. The van der Waals surface area contributed by atoms with Crippen LogP contribution in [0.25, 0.3) is 0 Å². The summed E-state index contributed by atoms with van der Waals surface area (Å²) in [5.74, 6) is 1.72. The average Bonchev–Trinajstić information content (AvgIpc) is 3.45. The molecule has 4 fully saturated rings. The molecule has 4 aliphatic rings. The lowest BCUT2D eigenvalue weighted by Gasteiger charge is -2.64. The maximum atomic E-state index is 14.7. The molecule has 0 radical (unpaired) electrons. The molecule has 11 atom stereocenters. The Morgan fingerprint density at radius 1 is 0.824 bits per heavy atom. The van der Waals surface area contributed by atoms with Gasteiger partial charge in [0, 0.05) is 24.2 Å². The normalized spacial score (nSPS) is 36.3. The van der Waals surface area contributed by atoms with Crippen LogP contribution in [0.5, 0.6) is 0 Å². The van der Waals surface area contributed by atoms with E-state index in [1.807, 2.05) is 0 Å². The topological polar surface area (TPSA) is 83.8 Å². The van der Waals surface area contributed by atoms with Crippen LogP contribution in [-0.2, 0) is 14.3 Å². The number of esters is 1. The molecule has 292 valence electrons. The van der Waals surface area contributed by atoms with Crippen LogP contribution in [-0.4, -0.2) is 39.8 Å². The minimum Gasteiger partial charge on any atom is -0.451 e. The second-order valence-corrected chi connectivity index (χ2v) is 18.7. The van der Waals surface area contributed by atoms with Gasteiger partial charge in [0.2, 0.25) is 0 Å². The van der Waals surface area contributed by atoms with Crippen molar-refractivity contribution >= 4 is 11.8 Å². The van der Waals surface area contributed by atoms with E-state index in [1.54, 1.807) is 0 Å². The number of carbonyl (C=O) groups is 2. The van der Waals surface area contributed by atoms with E-state index >= 15 is 0 Å². The first-order chi connectivity index (χ1) is 24.3. The van der Waals surface area contributed by atoms with Crippen molar-refractivity contribution in [2.75, 3.05) is 0 Å². The Morgan fingerprint density at radius 2 is 1.45 bits per heavy atom. The maximum absolute atomic E-state index is 14.7. The zero-order valence-corrected chi connectivity index (χ0v) is 34.0. The molecule has 4 aliphatic carbocycles. The predicted molar refractivity (Wildman–Crippen MR) is 210 cm³/mol. The summed E-state index contributed by atoms with van der Waals surface area (Å²) in [6, 6.07) is 0. The van der Waals surface area contributed by atoms with Crippen molar-refractivity contribution in [2.45, 2.75) is 201 Å². The fourth-order valence-electron chi connectivity index (χ4n) is 11.2. The summed E-state index contributed by atoms with van der Waals surface area (Å²) >= 11 is 0. The summed E-state index contributed by atoms with van der Waals surface area (Å²) in [6.07, 6.45) is 28.9. The molecule has 0 spiro atoms. The number of allylic oxidation sites excluding steroid dienone is 4. The third kappa shape index (κ3) is 9.81. The Labute approximate surface area is 313 Å². The first-order valence-corrected chi connectivity index (χ1v) is 21.8. The van der Waals surface area contributed by atoms with Gasteiger partial charge < -0.3 is 14.9 Å². The van der Waals surface area contributed by atoms with Gasteiger partial charge in [0.1, 0.15) is 5.60 Å². The number of aliphatic hydroxyl groups is 2. The van der Waals surface area contributed by atoms with Gasteiger partial charge in [0.05, 0.1) is 6.10 Å². The molecule has 0 aromatic rings. The van der Waals surface area contributed by atoms with E-state index in [0.29, 0.717) is 36.5 Å². The fraction of sp³-hybridized carbons (Fsp3) is 0.870. The molecule has 4 saturated carbocycles. The molecule has 0 aliphatic heterocycles. The first-order valence-electron chi connectivity index (χ1n) is 21.8. The Hall–Kier alpha value is -1.46. The van der Waals surface area contributed by atoms with Gasteiger partial charge in [-0.3, -0.25) is 9.59 Å². The highest BCUT2D eigenvalue weighted by molar-refractivity contribution is 5.91. The third-order valence-electron chi connectivity index (χ3n) is 15.0. The van der Waals surface area contributed by atoms with Crippen molar-refractivity contribution < 1.29 is 24.5 Å². The lowest BCUT2D eigenvalue weighted by Crippen LogP contribution is -2.72. The highest BCUT2D eigenvalue weighted by atomic mass is 16.6. The van der Waals surface area contributed by atoms with Crippen LogP contribution in [0.2, 0.25) is 0 Å². The largest absolute Gasteiger partial charge is 0.451 e. The summed E-state index contributed by atoms with van der Waals surface area (Å²) in [5.41, 5.74) is -2.06. The van der Waals surface area contributed by atoms with E-state index in [4.69, 9.17) is 4.74 Å². The number of unbranched alkanes of at least 4 members (excludes halogenated alkanes) is 11. The molecule has 4 rings (SSSR count). The van der Waals surface area contributed by atoms with Crippen molar-refractivity contribution in [2.24, 2.45) is 52.3 Å². The van der Waals surface area contributed by atoms with Crippen LogP contribution in [0.4, 0.5) is 0 Å². The second kappa shape index (κ2) is 19.2. The quantitative estimate of drug-likeness (QED) is 0.0746. The molecule has 0 saturated heterocycles. The molecule has 0 aromatic carbocycles. The second-order valence-electron chi connectivity index (χ2n) is 18.7. The highest BCUT2D eigenvalue weighted by Gasteiger charge is 2.71. The van der Waals surface area contributed by atoms with Crippen LogP contribution >= 0.6 is 0 Å². The lowest BCUT2D eigenvalue weighted by molar-refractivity contribution is -0.256. The van der Waals surface area contributed by atoms with Crippen LogP contribution in [0.1, 0.15) is 183 Å². The molecular formula is C46H78O5. The minimum atomic E-state index is -1.53. The van der Waals surface area contributed by atoms with Crippen LogP contribution in [0.3, 0.4) is 0 Å². The summed E-state index contributed by atoms with van der Waals surface area (Å²) in [5, 5.41) is 23.3. The molecule has 3 unspecified atom stereocenters. The van der Waals surface area contributed by atoms with Crippen LogP contribution in [0.15, 0.2) is 24.3 Å². The number of fused-ring (bicyclic) bond motifs is 5. The molecular weight excluding hydrogens is 633 g/mol. The number of Topliss-reactive ketones (excluding diaryl/α,β-unsaturated/α-hetero) is 1. The van der Waals surface area contributed by atoms with Crippen molar-refractivity contribution in [1.82, 2.24) is 0 Å². The van der Waals surface area contributed by atoms with Crippen molar-refractivity contribution in [1.29, 1.82) is 0 Å². The SMILES string of the molecule is CCCCCCCCC=CCCCCCCCC(=O)O[C@@H]1C(=O)C2C3CC[C@H]([C@H](C)C=C[C@H](C)C(C)C)[C@@]3(C)CCC2[C@@]2(C)CC[C@H](O)C[C@]12O. The number of hydrogen-bond donors (Lipinski definition) is 2. The number of rotatable bonds is 20. The van der Waals surface area contributed by atoms with Crippen molar-refractivity contribution in [3.05, 3.63) is 24.3 Å². The minimum absolute atomic E-state index is 0.0416. The maximum Gasteiger partial charge on any atom is 0.306 e. The van der Waals surface area contributed by atoms with Gasteiger partial charge in [0.25, 0.3) is 0 Å². The van der Waals surface area contributed by atoms with E-state index in [1.165, 1.54) is 51.4 Å². The zero-order chi connectivity index (χ0) is 37.2. The molecule has 2 N–H and O–H groups in total. The van der Waals surface area contributed by atoms with Crippen LogP contribution < -0.4 is 0 Å². The van der Waals surface area contributed by atoms with E-state index in [0.717, 1.165) is 57.8 Å². The Morgan fingerprint density at radius 3 is 2.10 bits per heavy atom. The van der Waals surface area contributed by atoms with E-state index in [-0.39, 0.29) is 47.8 Å². The van der Waals surface area contributed by atoms with Crippen molar-refractivity contribution in [3.8, 4) is 0 Å². The summed E-state index contributed by atoms with van der Waals surface area (Å²) in [4.78, 5) is 28.1. The number of hydrogen-bond acceptors (Lipinski definition) is 5. The molecule has 0 bridgehead atoms. The van der Waals surface area contributed by atoms with Gasteiger partial charge in [-0.05, 0) is 112 Å². The predicted octanol–water partition coefficient (Wildman–Crippen LogP) is 11.3. The molecule has 0 amide bonds. The number of aliphatic hydroxyl groups excluding tert-OH is 1. The van der Waals surface area contributed by atoms with Crippen LogP contribution in [0, 0.1) is 52.3 Å². The number of ether oxygens (including phenoxy) is 1. The summed E-state index contributed by atoms with van der Waals surface area (Å²) < 4.78 is 6.13. The van der Waals surface area contributed by atoms with E-state index in [9.17, 15) is 19.8 Å². The van der Waals surface area contributed by atoms with Gasteiger partial charge in [-0.2, -0.15) is 0 Å². The van der Waals surface area contributed by atoms with Gasteiger partial charge in [-0.25, -0.2) is 0 Å². The standard InChI is InChI=1S/C46H78O5/c1-8-9-10-11-12-13-14-15-16-17-18-19-20-21-22-23-40(48)51-43-42(49)41-38-27-26-37(35(5)25-24-34(4)33(2)3)44(38,6)30-29-39(41)45(7)31-28-36(47)32-46(43,45)50/h15-16,24-25,33-39,41,43,47,50H,8-14,17-23,26-32H2,1-7H3/t34-,35+,36-,37+,38?,39?,41?,43+,44+,45+,46-/m0/s1. The highest BCUT2D eigenvalue weighted by Crippen LogP contribution is 2.68. The van der Waals surface area contributed by atoms with Gasteiger partial charge >= 0.3 is 5.97 Å². The monoisotopic (exact) mass is 711 g/mol. The fourth-order valence-corrected chi connectivity index (χ4v) is 11.2. The van der Waals surface area contributed by atoms with Crippen molar-refractivity contribution in [3.63, 3.8) is 0 Å². The molecule has 5 heteroatoms. The zero-order valence-electron chi connectivity index (χ0n) is 34.0. The molecule has 51 heavy (non-hydrogen) atoms. The number of carbonyl (C=O) groups excluding carboxylic acids is 2. The summed E-state index contributed by atoms with van der Waals surface area (Å²) in [7, 11) is 0. The third-order valence-corrected chi connectivity index (χ3v) is 15.0. The summed E-state index contributed by atoms with van der Waals surface area (Å²) in [6.45, 7) is 16.0. The van der Waals surface area contributed by atoms with E-state index in [2.05, 4.69) is 72.8 Å². The Kier molecular flexibility index (Phi) is 15.9. The van der Waals surface area contributed by atoms with Gasteiger partial charge in [0.15, 0.2) is 11.9 Å². The Bertz CT molecular complexity index is 1160. The molecule has 0 heterocycles. The van der Waals surface area contributed by atoms with E-state index < -0.39 is 23.2 Å². The average molecular weight is 711 g/mol. The van der Waals surface area contributed by atoms with Gasteiger partial charge in [-0.1, -0.05) is 124 Å². The lowest BCUT2D eigenvalue weighted by atomic mass is 9.42. The molecule has 0 aromatic heterocycles. The van der Waals surface area contributed by atoms with Gasteiger partial charge in [-0.15, -0.1) is 0 Å².